The van der Waals surface area contributed by atoms with Crippen molar-refractivity contribution in [3.05, 3.63) is 59.1 Å². The first-order chi connectivity index (χ1) is 16.0. The zero-order chi connectivity index (χ0) is 25.5. The van der Waals surface area contributed by atoms with E-state index >= 15 is 0 Å². The number of methoxy groups -OCH3 is 1. The van der Waals surface area contributed by atoms with Gasteiger partial charge in [0, 0.05) is 17.6 Å². The summed E-state index contributed by atoms with van der Waals surface area (Å²) in [6, 6.07) is 12.5. The maximum absolute atomic E-state index is 13.5. The van der Waals surface area contributed by atoms with Crippen molar-refractivity contribution in [3.8, 4) is 5.75 Å². The summed E-state index contributed by atoms with van der Waals surface area (Å²) in [5, 5.41) is 3.23. The highest BCUT2D eigenvalue weighted by molar-refractivity contribution is 7.92. The molecule has 2 aromatic rings. The molecule has 0 aromatic heterocycles. The van der Waals surface area contributed by atoms with Crippen LogP contribution in [-0.2, 0) is 26.2 Å². The van der Waals surface area contributed by atoms with E-state index in [1.165, 1.54) is 11.0 Å². The molecule has 2 atom stereocenters. The third kappa shape index (κ3) is 7.63. The van der Waals surface area contributed by atoms with Crippen LogP contribution in [0, 0.1) is 0 Å². The summed E-state index contributed by atoms with van der Waals surface area (Å²) < 4.78 is 31.3. The number of amides is 2. The van der Waals surface area contributed by atoms with Crippen molar-refractivity contribution in [2.75, 3.05) is 24.2 Å². The minimum Gasteiger partial charge on any atom is -0.497 e. The molecular weight excluding hydrogens is 478 g/mol. The molecule has 0 spiro atoms. The number of hydrogen-bond acceptors (Lipinski definition) is 5. The molecular formula is C24H32ClN3O5S. The zero-order valence-corrected chi connectivity index (χ0v) is 21.7. The zero-order valence-electron chi connectivity index (χ0n) is 20.1. The molecule has 2 aromatic carbocycles. The van der Waals surface area contributed by atoms with Crippen LogP contribution < -0.4 is 14.4 Å². The Morgan fingerprint density at radius 2 is 1.79 bits per heavy atom. The quantitative estimate of drug-likeness (QED) is 0.500. The van der Waals surface area contributed by atoms with Crippen LogP contribution in [0.1, 0.15) is 32.8 Å². The Morgan fingerprint density at radius 3 is 2.38 bits per heavy atom. The van der Waals surface area contributed by atoms with Crippen molar-refractivity contribution in [3.63, 3.8) is 0 Å². The van der Waals surface area contributed by atoms with E-state index in [2.05, 4.69) is 5.32 Å². The molecule has 0 bridgehead atoms. The van der Waals surface area contributed by atoms with E-state index in [0.29, 0.717) is 10.8 Å². The molecule has 0 radical (unpaired) electrons. The number of benzene rings is 2. The summed E-state index contributed by atoms with van der Waals surface area (Å²) in [5.41, 5.74) is 1.01. The first-order valence-corrected chi connectivity index (χ1v) is 13.1. The highest BCUT2D eigenvalue weighted by Crippen LogP contribution is 2.23. The lowest BCUT2D eigenvalue weighted by Gasteiger charge is -2.32. The molecule has 0 saturated heterocycles. The van der Waals surface area contributed by atoms with Crippen molar-refractivity contribution >= 4 is 39.1 Å². The highest BCUT2D eigenvalue weighted by Gasteiger charge is 2.30. The Kier molecular flexibility index (Phi) is 9.76. The van der Waals surface area contributed by atoms with E-state index in [4.69, 9.17) is 16.3 Å². The number of nitrogens with zero attached hydrogens (tertiary/aromatic N) is 2. The number of nitrogens with one attached hydrogen (secondary N) is 1. The molecule has 186 valence electrons. The molecule has 0 heterocycles. The fraction of sp³-hybridized carbons (Fsp3) is 0.417. The molecule has 8 nitrogen and oxygen atoms in total. The predicted octanol–water partition coefficient (Wildman–Crippen LogP) is 3.45. The number of ether oxygens (including phenoxy) is 1. The maximum Gasteiger partial charge on any atom is 0.244 e. The van der Waals surface area contributed by atoms with Crippen molar-refractivity contribution in [2.45, 2.75) is 45.8 Å². The molecule has 0 aliphatic heterocycles. The molecule has 1 N–H and O–H groups in total. The van der Waals surface area contributed by atoms with Crippen LogP contribution in [-0.4, -0.2) is 57.1 Å². The first kappa shape index (κ1) is 27.5. The van der Waals surface area contributed by atoms with Crippen molar-refractivity contribution in [1.82, 2.24) is 10.2 Å². The fourth-order valence-electron chi connectivity index (χ4n) is 3.26. The second-order valence-electron chi connectivity index (χ2n) is 8.12. The van der Waals surface area contributed by atoms with Crippen LogP contribution in [0.5, 0.6) is 5.75 Å². The summed E-state index contributed by atoms with van der Waals surface area (Å²) in [5.74, 6) is -0.238. The normalized spacial score (nSPS) is 13.0. The second kappa shape index (κ2) is 12.1. The minimum absolute atomic E-state index is 0.0669. The number of sulfonamides is 1. The van der Waals surface area contributed by atoms with Crippen LogP contribution in [0.25, 0.3) is 0 Å². The van der Waals surface area contributed by atoms with E-state index in [9.17, 15) is 18.0 Å². The van der Waals surface area contributed by atoms with E-state index in [1.807, 2.05) is 19.9 Å². The summed E-state index contributed by atoms with van der Waals surface area (Å²) in [6.45, 7) is 5.06. The lowest BCUT2D eigenvalue weighted by molar-refractivity contribution is -0.139. The van der Waals surface area contributed by atoms with Gasteiger partial charge in [-0.05, 0) is 56.2 Å². The van der Waals surface area contributed by atoms with Gasteiger partial charge in [0.1, 0.15) is 18.3 Å². The third-order valence-electron chi connectivity index (χ3n) is 5.43. The lowest BCUT2D eigenvalue weighted by Crippen LogP contribution is -2.52. The van der Waals surface area contributed by atoms with E-state index < -0.39 is 28.5 Å². The number of halogens is 1. The Labute approximate surface area is 206 Å². The summed E-state index contributed by atoms with van der Waals surface area (Å²) in [7, 11) is -2.27. The number of anilines is 1. The largest absolute Gasteiger partial charge is 0.497 e. The molecule has 0 fully saturated rings. The van der Waals surface area contributed by atoms with Gasteiger partial charge in [-0.25, -0.2) is 8.42 Å². The van der Waals surface area contributed by atoms with Gasteiger partial charge in [-0.2, -0.15) is 0 Å². The Hall–Kier alpha value is -2.78. The van der Waals surface area contributed by atoms with Gasteiger partial charge in [0.05, 0.1) is 19.1 Å². The molecule has 0 aliphatic rings. The van der Waals surface area contributed by atoms with E-state index in [1.54, 1.807) is 50.4 Å². The van der Waals surface area contributed by atoms with Crippen molar-refractivity contribution in [1.29, 1.82) is 0 Å². The molecule has 0 unspecified atom stereocenters. The van der Waals surface area contributed by atoms with E-state index in [0.717, 1.165) is 22.5 Å². The van der Waals surface area contributed by atoms with Crippen LogP contribution in [0.3, 0.4) is 0 Å². The molecule has 0 aliphatic carbocycles. The average Bonchev–Trinajstić information content (AvgIpc) is 2.79. The van der Waals surface area contributed by atoms with Gasteiger partial charge < -0.3 is 15.0 Å². The van der Waals surface area contributed by atoms with E-state index in [-0.39, 0.29) is 24.2 Å². The monoisotopic (exact) mass is 509 g/mol. The van der Waals surface area contributed by atoms with Crippen LogP contribution in [0.4, 0.5) is 5.69 Å². The Balaban J connectivity index is 2.40. The lowest BCUT2D eigenvalue weighted by atomic mass is 10.1. The first-order valence-electron chi connectivity index (χ1n) is 10.9. The number of carbonyl (C=O) groups is 2. The Morgan fingerprint density at radius 1 is 1.12 bits per heavy atom. The van der Waals surface area contributed by atoms with Gasteiger partial charge in [0.25, 0.3) is 0 Å². The molecule has 10 heteroatoms. The van der Waals surface area contributed by atoms with Gasteiger partial charge in [0.15, 0.2) is 0 Å². The average molecular weight is 510 g/mol. The Bertz CT molecular complexity index is 1110. The maximum atomic E-state index is 13.5. The van der Waals surface area contributed by atoms with Gasteiger partial charge in [-0.15, -0.1) is 0 Å². The smallest absolute Gasteiger partial charge is 0.244 e. The standard InChI is InChI=1S/C24H32ClN3O5S/c1-6-17(2)26-24(30)18(3)27(15-19-9-7-12-22(13-19)33-4)23(29)16-28(34(5,31)32)21-11-8-10-20(25)14-21/h7-14,17-18H,6,15-16H2,1-5H3,(H,26,30)/t17-,18-/m1/s1. The highest BCUT2D eigenvalue weighted by atomic mass is 35.5. The third-order valence-corrected chi connectivity index (χ3v) is 6.81. The number of hydrogen-bond donors (Lipinski definition) is 1. The SMILES string of the molecule is CC[C@@H](C)NC(=O)[C@@H](C)N(Cc1cccc(OC)c1)C(=O)CN(c1cccc(Cl)c1)S(C)(=O)=O. The number of rotatable bonds is 11. The van der Waals surface area contributed by atoms with Crippen molar-refractivity contribution in [2.24, 2.45) is 0 Å². The van der Waals surface area contributed by atoms with Gasteiger partial charge in [-0.1, -0.05) is 36.7 Å². The van der Waals surface area contributed by atoms with Gasteiger partial charge in [-0.3, -0.25) is 13.9 Å². The van der Waals surface area contributed by atoms with Crippen LogP contribution in [0.15, 0.2) is 48.5 Å². The van der Waals surface area contributed by atoms with Gasteiger partial charge in [0.2, 0.25) is 21.8 Å². The molecule has 0 saturated carbocycles. The van der Waals surface area contributed by atoms with Crippen LogP contribution in [0.2, 0.25) is 5.02 Å². The summed E-state index contributed by atoms with van der Waals surface area (Å²) in [4.78, 5) is 27.8. The molecule has 2 amide bonds. The van der Waals surface area contributed by atoms with Gasteiger partial charge >= 0.3 is 0 Å². The predicted molar refractivity (Wildman–Crippen MR) is 135 cm³/mol. The molecule has 34 heavy (non-hydrogen) atoms. The topological polar surface area (TPSA) is 96.0 Å². The minimum atomic E-state index is -3.81. The number of carbonyl (C=O) groups excluding carboxylic acids is 2. The fourth-order valence-corrected chi connectivity index (χ4v) is 4.29. The van der Waals surface area contributed by atoms with Crippen molar-refractivity contribution < 1.29 is 22.7 Å². The van der Waals surface area contributed by atoms with Crippen LogP contribution >= 0.6 is 11.6 Å². The second-order valence-corrected chi connectivity index (χ2v) is 10.5. The molecule has 2 rings (SSSR count). The summed E-state index contributed by atoms with van der Waals surface area (Å²) >= 11 is 6.05. The summed E-state index contributed by atoms with van der Waals surface area (Å²) in [6.07, 6.45) is 1.76.